The number of ether oxygens (including phenoxy) is 1. The zero-order valence-corrected chi connectivity index (χ0v) is 14.0. The van der Waals surface area contributed by atoms with Gasteiger partial charge in [-0.2, -0.15) is 4.31 Å². The number of sulfonamides is 1. The second kappa shape index (κ2) is 6.80. The van der Waals surface area contributed by atoms with Crippen molar-refractivity contribution >= 4 is 16.0 Å². The van der Waals surface area contributed by atoms with Crippen LogP contribution in [-0.2, 0) is 21.8 Å². The first-order chi connectivity index (χ1) is 10.4. The van der Waals surface area contributed by atoms with Crippen LogP contribution in [0.5, 0.6) is 0 Å². The SMILES string of the molecule is CCOC(=O)c1cc(S(=O)(=O)N2CCCC(NC)C2)cn1C. The average Bonchev–Trinajstić information content (AvgIpc) is 2.90. The molecule has 1 N–H and O–H groups in total. The number of carbonyl (C=O) groups is 1. The molecule has 1 aliphatic heterocycles. The Labute approximate surface area is 131 Å². The van der Waals surface area contributed by atoms with Crippen molar-refractivity contribution < 1.29 is 17.9 Å². The van der Waals surface area contributed by atoms with Gasteiger partial charge in [-0.05, 0) is 32.9 Å². The fraction of sp³-hybridized carbons (Fsp3) is 0.643. The highest BCUT2D eigenvalue weighted by molar-refractivity contribution is 7.89. The van der Waals surface area contributed by atoms with Gasteiger partial charge in [-0.1, -0.05) is 0 Å². The maximum atomic E-state index is 12.7. The molecule has 0 radical (unpaired) electrons. The van der Waals surface area contributed by atoms with Crippen LogP contribution in [0.2, 0.25) is 0 Å². The molecule has 2 rings (SSSR count). The topological polar surface area (TPSA) is 80.6 Å². The summed E-state index contributed by atoms with van der Waals surface area (Å²) in [6.07, 6.45) is 3.25. The van der Waals surface area contributed by atoms with Crippen molar-refractivity contribution in [1.82, 2.24) is 14.2 Å². The number of aryl methyl sites for hydroxylation is 1. The summed E-state index contributed by atoms with van der Waals surface area (Å²) in [5, 5.41) is 3.12. The second-order valence-electron chi connectivity index (χ2n) is 5.38. The molecule has 124 valence electrons. The van der Waals surface area contributed by atoms with E-state index in [1.165, 1.54) is 21.1 Å². The number of nitrogens with one attached hydrogen (secondary N) is 1. The Bertz CT molecular complexity index is 639. The Kier molecular flexibility index (Phi) is 5.25. The van der Waals surface area contributed by atoms with Gasteiger partial charge in [0.25, 0.3) is 0 Å². The summed E-state index contributed by atoms with van der Waals surface area (Å²) in [7, 11) is -0.118. The Balaban J connectivity index is 2.26. The van der Waals surface area contributed by atoms with Crippen LogP contribution in [-0.4, -0.2) is 56.0 Å². The molecule has 1 atom stereocenters. The van der Waals surface area contributed by atoms with Crippen molar-refractivity contribution in [2.45, 2.75) is 30.7 Å². The summed E-state index contributed by atoms with van der Waals surface area (Å²) in [6, 6.07) is 1.55. The Morgan fingerprint density at radius 2 is 2.23 bits per heavy atom. The number of rotatable bonds is 5. The smallest absolute Gasteiger partial charge is 0.354 e. The van der Waals surface area contributed by atoms with Crippen LogP contribution in [0.25, 0.3) is 0 Å². The maximum absolute atomic E-state index is 12.7. The summed E-state index contributed by atoms with van der Waals surface area (Å²) in [5.41, 5.74) is 0.239. The van der Waals surface area contributed by atoms with Crippen molar-refractivity contribution in [3.05, 3.63) is 18.0 Å². The van der Waals surface area contributed by atoms with E-state index in [4.69, 9.17) is 4.74 Å². The van der Waals surface area contributed by atoms with E-state index in [0.717, 1.165) is 12.8 Å². The van der Waals surface area contributed by atoms with Crippen LogP contribution in [0.1, 0.15) is 30.3 Å². The van der Waals surface area contributed by atoms with Gasteiger partial charge >= 0.3 is 5.97 Å². The average molecular weight is 329 g/mol. The van der Waals surface area contributed by atoms with Crippen molar-refractivity contribution in [1.29, 1.82) is 0 Å². The second-order valence-corrected chi connectivity index (χ2v) is 7.32. The van der Waals surface area contributed by atoms with E-state index in [9.17, 15) is 13.2 Å². The number of piperidine rings is 1. The molecule has 1 unspecified atom stereocenters. The summed E-state index contributed by atoms with van der Waals surface area (Å²) >= 11 is 0. The largest absolute Gasteiger partial charge is 0.461 e. The number of esters is 1. The molecule has 7 nitrogen and oxygen atoms in total. The first-order valence-corrected chi connectivity index (χ1v) is 8.85. The molecule has 1 aromatic rings. The molecular weight excluding hydrogens is 306 g/mol. The van der Waals surface area contributed by atoms with E-state index in [1.807, 2.05) is 7.05 Å². The fourth-order valence-corrected chi connectivity index (χ4v) is 4.22. The number of likely N-dealkylation sites (N-methyl/N-ethyl adjacent to an activating group) is 1. The van der Waals surface area contributed by atoms with Crippen LogP contribution in [0.3, 0.4) is 0 Å². The minimum atomic E-state index is -3.59. The molecule has 0 saturated carbocycles. The van der Waals surface area contributed by atoms with E-state index in [1.54, 1.807) is 14.0 Å². The van der Waals surface area contributed by atoms with Crippen molar-refractivity contribution in [3.63, 3.8) is 0 Å². The van der Waals surface area contributed by atoms with Gasteiger partial charge in [0.2, 0.25) is 10.0 Å². The van der Waals surface area contributed by atoms with Gasteiger partial charge in [0.15, 0.2) is 0 Å². The lowest BCUT2D eigenvalue weighted by Crippen LogP contribution is -2.46. The molecule has 1 fully saturated rings. The van der Waals surface area contributed by atoms with Crippen molar-refractivity contribution in [2.75, 3.05) is 26.7 Å². The third kappa shape index (κ3) is 3.34. The molecule has 0 aliphatic carbocycles. The van der Waals surface area contributed by atoms with Crippen LogP contribution >= 0.6 is 0 Å². The standard InChI is InChI=1S/C14H23N3O4S/c1-4-21-14(18)13-8-12(10-16(13)3)22(19,20)17-7-5-6-11(9-17)15-2/h8,10-11,15H,4-7,9H2,1-3H3. The van der Waals surface area contributed by atoms with E-state index in [0.29, 0.717) is 13.1 Å². The predicted molar refractivity (Wildman–Crippen MR) is 82.2 cm³/mol. The Morgan fingerprint density at radius 3 is 2.86 bits per heavy atom. The number of hydrogen-bond acceptors (Lipinski definition) is 5. The summed E-state index contributed by atoms with van der Waals surface area (Å²) in [4.78, 5) is 12.0. The molecule has 0 aromatic carbocycles. The molecule has 8 heteroatoms. The van der Waals surface area contributed by atoms with Crippen LogP contribution in [0.15, 0.2) is 17.2 Å². The molecule has 0 bridgehead atoms. The lowest BCUT2D eigenvalue weighted by molar-refractivity contribution is 0.0515. The highest BCUT2D eigenvalue weighted by Gasteiger charge is 2.31. The van der Waals surface area contributed by atoms with Gasteiger partial charge in [-0.25, -0.2) is 13.2 Å². The molecule has 0 amide bonds. The zero-order chi connectivity index (χ0) is 16.3. The molecule has 22 heavy (non-hydrogen) atoms. The summed E-state index contributed by atoms with van der Waals surface area (Å²) in [6.45, 7) is 2.92. The number of aromatic nitrogens is 1. The lowest BCUT2D eigenvalue weighted by atomic mass is 10.1. The number of nitrogens with zero attached hydrogens (tertiary/aromatic N) is 2. The summed E-state index contributed by atoms with van der Waals surface area (Å²) in [5.74, 6) is -0.516. The first kappa shape index (κ1) is 17.0. The fourth-order valence-electron chi connectivity index (χ4n) is 2.63. The van der Waals surface area contributed by atoms with Crippen LogP contribution in [0.4, 0.5) is 0 Å². The normalized spacial score (nSPS) is 20.0. The highest BCUT2D eigenvalue weighted by Crippen LogP contribution is 2.22. The minimum Gasteiger partial charge on any atom is -0.461 e. The lowest BCUT2D eigenvalue weighted by Gasteiger charge is -2.31. The molecule has 1 saturated heterocycles. The quantitative estimate of drug-likeness (QED) is 0.799. The number of carbonyl (C=O) groups excluding carboxylic acids is 1. The van der Waals surface area contributed by atoms with E-state index < -0.39 is 16.0 Å². The van der Waals surface area contributed by atoms with E-state index in [-0.39, 0.29) is 23.2 Å². The maximum Gasteiger partial charge on any atom is 0.354 e. The van der Waals surface area contributed by atoms with Gasteiger partial charge in [0.05, 0.1) is 6.61 Å². The van der Waals surface area contributed by atoms with Gasteiger partial charge in [-0.15, -0.1) is 0 Å². The molecule has 2 heterocycles. The highest BCUT2D eigenvalue weighted by atomic mass is 32.2. The Hall–Kier alpha value is -1.38. The monoisotopic (exact) mass is 329 g/mol. The summed E-state index contributed by atoms with van der Waals surface area (Å²) < 4.78 is 33.4. The van der Waals surface area contributed by atoms with Gasteiger partial charge in [0.1, 0.15) is 10.6 Å². The van der Waals surface area contributed by atoms with E-state index >= 15 is 0 Å². The van der Waals surface area contributed by atoms with Crippen molar-refractivity contribution in [2.24, 2.45) is 7.05 Å². The van der Waals surface area contributed by atoms with Gasteiger partial charge < -0.3 is 14.6 Å². The van der Waals surface area contributed by atoms with Gasteiger partial charge in [-0.3, -0.25) is 0 Å². The Morgan fingerprint density at radius 1 is 1.50 bits per heavy atom. The van der Waals surface area contributed by atoms with Gasteiger partial charge in [0, 0.05) is 32.4 Å². The molecule has 1 aromatic heterocycles. The third-order valence-corrected chi connectivity index (χ3v) is 5.73. The van der Waals surface area contributed by atoms with Crippen LogP contribution < -0.4 is 5.32 Å². The van der Waals surface area contributed by atoms with Crippen molar-refractivity contribution in [3.8, 4) is 0 Å². The third-order valence-electron chi connectivity index (χ3n) is 3.89. The molecule has 1 aliphatic rings. The number of hydrogen-bond donors (Lipinski definition) is 1. The first-order valence-electron chi connectivity index (χ1n) is 7.41. The van der Waals surface area contributed by atoms with E-state index in [2.05, 4.69) is 5.32 Å². The zero-order valence-electron chi connectivity index (χ0n) is 13.2. The molecule has 0 spiro atoms. The minimum absolute atomic E-state index is 0.134. The molecular formula is C14H23N3O4S. The predicted octanol–water partition coefficient (Wildman–Crippen LogP) is 0.574. The van der Waals surface area contributed by atoms with Crippen LogP contribution in [0, 0.1) is 0 Å².